The van der Waals surface area contributed by atoms with Crippen molar-refractivity contribution < 1.29 is 19.1 Å². The molecule has 2 aromatic carbocycles. The largest absolute Gasteiger partial charge is 0.468 e. The van der Waals surface area contributed by atoms with Gasteiger partial charge in [0.15, 0.2) is 0 Å². The number of ether oxygens (including phenoxy) is 1. The fourth-order valence-corrected chi connectivity index (χ4v) is 3.98. The van der Waals surface area contributed by atoms with Crippen LogP contribution < -0.4 is 4.90 Å². The van der Waals surface area contributed by atoms with Gasteiger partial charge in [-0.15, -0.1) is 0 Å². The molecule has 1 aliphatic heterocycles. The first-order valence-electron chi connectivity index (χ1n) is 10.9. The number of hydrogen-bond donors (Lipinski definition) is 0. The SMILES string of the molecule is CCCCCCC1C(=O)N(CC(=O)OC)c2ccccc2C(=O)N1Cc1ccccc1. The van der Waals surface area contributed by atoms with Crippen LogP contribution in [0.5, 0.6) is 0 Å². The normalized spacial score (nSPS) is 16.1. The Morgan fingerprint density at radius 1 is 0.968 bits per heavy atom. The Labute approximate surface area is 183 Å². The van der Waals surface area contributed by atoms with Gasteiger partial charge in [-0.3, -0.25) is 19.3 Å². The number of rotatable bonds is 9. The first kappa shape index (κ1) is 22.5. The number of para-hydroxylation sites is 1. The molecule has 3 rings (SSSR count). The molecular weight excluding hydrogens is 392 g/mol. The standard InChI is InChI=1S/C25H30N2O4/c1-3-4-5-9-16-22-25(30)27(18-23(28)31-2)21-15-11-10-14-20(21)24(29)26(22)17-19-12-7-6-8-13-19/h6-8,10-15,22H,3-5,9,16-18H2,1-2H3. The second kappa shape index (κ2) is 10.8. The van der Waals surface area contributed by atoms with E-state index >= 15 is 0 Å². The van der Waals surface area contributed by atoms with Crippen LogP contribution in [-0.4, -0.2) is 42.4 Å². The average Bonchev–Trinajstić information content (AvgIpc) is 2.88. The van der Waals surface area contributed by atoms with Crippen LogP contribution in [0.3, 0.4) is 0 Å². The summed E-state index contributed by atoms with van der Waals surface area (Å²) in [6, 6.07) is 16.0. The van der Waals surface area contributed by atoms with Crippen molar-refractivity contribution in [3.8, 4) is 0 Å². The highest BCUT2D eigenvalue weighted by atomic mass is 16.5. The molecule has 2 amide bonds. The first-order chi connectivity index (χ1) is 15.1. The van der Waals surface area contributed by atoms with Crippen LogP contribution in [0.15, 0.2) is 54.6 Å². The number of carbonyl (C=O) groups is 3. The van der Waals surface area contributed by atoms with E-state index in [9.17, 15) is 14.4 Å². The Bertz CT molecular complexity index is 913. The molecule has 31 heavy (non-hydrogen) atoms. The Hall–Kier alpha value is -3.15. The number of fused-ring (bicyclic) bond motifs is 1. The summed E-state index contributed by atoms with van der Waals surface area (Å²) in [5, 5.41) is 0. The number of unbranched alkanes of at least 4 members (excludes halogenated alkanes) is 3. The number of methoxy groups -OCH3 is 1. The predicted octanol–water partition coefficient (Wildman–Crippen LogP) is 4.19. The van der Waals surface area contributed by atoms with E-state index < -0.39 is 12.0 Å². The maximum Gasteiger partial charge on any atom is 0.325 e. The van der Waals surface area contributed by atoms with E-state index in [0.717, 1.165) is 31.2 Å². The van der Waals surface area contributed by atoms with Gasteiger partial charge in [-0.25, -0.2) is 0 Å². The smallest absolute Gasteiger partial charge is 0.325 e. The Kier molecular flexibility index (Phi) is 7.82. The van der Waals surface area contributed by atoms with Crippen LogP contribution >= 0.6 is 0 Å². The number of esters is 1. The van der Waals surface area contributed by atoms with Gasteiger partial charge < -0.3 is 9.64 Å². The molecule has 1 heterocycles. The maximum absolute atomic E-state index is 13.7. The molecule has 0 bridgehead atoms. The van der Waals surface area contributed by atoms with Crippen LogP contribution in [-0.2, 0) is 20.9 Å². The average molecular weight is 423 g/mol. The van der Waals surface area contributed by atoms with Gasteiger partial charge in [-0.1, -0.05) is 75.1 Å². The molecule has 164 valence electrons. The second-order valence-electron chi connectivity index (χ2n) is 7.80. The van der Waals surface area contributed by atoms with Crippen molar-refractivity contribution in [3.05, 3.63) is 65.7 Å². The summed E-state index contributed by atoms with van der Waals surface area (Å²) < 4.78 is 4.82. The molecule has 0 aliphatic carbocycles. The Balaban J connectivity index is 2.01. The maximum atomic E-state index is 13.7. The van der Waals surface area contributed by atoms with Crippen LogP contribution in [0.1, 0.15) is 54.9 Å². The van der Waals surface area contributed by atoms with E-state index in [4.69, 9.17) is 4.74 Å². The summed E-state index contributed by atoms with van der Waals surface area (Å²) in [6.45, 7) is 2.26. The summed E-state index contributed by atoms with van der Waals surface area (Å²) in [6.07, 6.45) is 4.57. The van der Waals surface area contributed by atoms with E-state index in [1.165, 1.54) is 12.0 Å². The van der Waals surface area contributed by atoms with E-state index in [2.05, 4.69) is 6.92 Å². The highest BCUT2D eigenvalue weighted by Crippen LogP contribution is 2.31. The number of carbonyl (C=O) groups excluding carboxylic acids is 3. The fraction of sp³-hybridized carbons (Fsp3) is 0.400. The quantitative estimate of drug-likeness (QED) is 0.449. The highest BCUT2D eigenvalue weighted by molar-refractivity contribution is 6.12. The van der Waals surface area contributed by atoms with E-state index in [1.54, 1.807) is 29.2 Å². The number of benzene rings is 2. The zero-order chi connectivity index (χ0) is 22.2. The number of nitrogens with zero attached hydrogens (tertiary/aromatic N) is 2. The molecule has 0 N–H and O–H groups in total. The molecule has 0 fully saturated rings. The summed E-state index contributed by atoms with van der Waals surface area (Å²) in [4.78, 5) is 42.5. The third kappa shape index (κ3) is 5.32. The zero-order valence-corrected chi connectivity index (χ0v) is 18.3. The monoisotopic (exact) mass is 422 g/mol. The minimum absolute atomic E-state index is 0.194. The van der Waals surface area contributed by atoms with E-state index in [1.807, 2.05) is 30.3 Å². The lowest BCUT2D eigenvalue weighted by Gasteiger charge is -2.31. The zero-order valence-electron chi connectivity index (χ0n) is 18.3. The van der Waals surface area contributed by atoms with Crippen molar-refractivity contribution in [2.24, 2.45) is 0 Å². The van der Waals surface area contributed by atoms with Gasteiger partial charge in [-0.2, -0.15) is 0 Å². The molecule has 0 radical (unpaired) electrons. The third-order valence-corrected chi connectivity index (χ3v) is 5.66. The second-order valence-corrected chi connectivity index (χ2v) is 7.80. The van der Waals surface area contributed by atoms with Gasteiger partial charge in [0.1, 0.15) is 12.6 Å². The van der Waals surface area contributed by atoms with Crippen molar-refractivity contribution in [3.63, 3.8) is 0 Å². The van der Waals surface area contributed by atoms with Crippen LogP contribution in [0.25, 0.3) is 0 Å². The van der Waals surface area contributed by atoms with Crippen molar-refractivity contribution >= 4 is 23.5 Å². The lowest BCUT2D eigenvalue weighted by atomic mass is 10.0. The minimum atomic E-state index is -0.637. The van der Waals surface area contributed by atoms with Gasteiger partial charge >= 0.3 is 5.97 Å². The first-order valence-corrected chi connectivity index (χ1v) is 10.9. The van der Waals surface area contributed by atoms with Gasteiger partial charge in [0.05, 0.1) is 18.4 Å². The van der Waals surface area contributed by atoms with Crippen LogP contribution in [0, 0.1) is 0 Å². The lowest BCUT2D eigenvalue weighted by Crippen LogP contribution is -2.49. The van der Waals surface area contributed by atoms with Gasteiger partial charge in [0.25, 0.3) is 5.91 Å². The lowest BCUT2D eigenvalue weighted by molar-refractivity contribution is -0.140. The summed E-state index contributed by atoms with van der Waals surface area (Å²) >= 11 is 0. The van der Waals surface area contributed by atoms with Crippen molar-refractivity contribution in [2.45, 2.75) is 51.6 Å². The molecule has 1 atom stereocenters. The van der Waals surface area contributed by atoms with Gasteiger partial charge in [0, 0.05) is 6.54 Å². The van der Waals surface area contributed by atoms with E-state index in [0.29, 0.717) is 24.2 Å². The van der Waals surface area contributed by atoms with Crippen LogP contribution in [0.4, 0.5) is 5.69 Å². The third-order valence-electron chi connectivity index (χ3n) is 5.66. The topological polar surface area (TPSA) is 66.9 Å². The van der Waals surface area contributed by atoms with Crippen molar-refractivity contribution in [1.29, 1.82) is 0 Å². The highest BCUT2D eigenvalue weighted by Gasteiger charge is 2.39. The molecule has 1 aliphatic rings. The molecule has 6 nitrogen and oxygen atoms in total. The summed E-state index contributed by atoms with van der Waals surface area (Å²) in [5.74, 6) is -0.950. The number of hydrogen-bond acceptors (Lipinski definition) is 4. The summed E-state index contributed by atoms with van der Waals surface area (Å²) in [5.41, 5.74) is 1.84. The minimum Gasteiger partial charge on any atom is -0.468 e. The Morgan fingerprint density at radius 2 is 1.68 bits per heavy atom. The molecule has 2 aromatic rings. The number of anilines is 1. The molecule has 0 aromatic heterocycles. The van der Waals surface area contributed by atoms with Crippen molar-refractivity contribution in [2.75, 3.05) is 18.6 Å². The molecular formula is C25H30N2O4. The Morgan fingerprint density at radius 3 is 2.39 bits per heavy atom. The molecule has 1 unspecified atom stereocenters. The molecule has 0 saturated carbocycles. The summed E-state index contributed by atoms with van der Waals surface area (Å²) in [7, 11) is 1.30. The fourth-order valence-electron chi connectivity index (χ4n) is 3.98. The molecule has 0 saturated heterocycles. The van der Waals surface area contributed by atoms with Crippen molar-refractivity contribution in [1.82, 2.24) is 4.90 Å². The predicted molar refractivity (Wildman–Crippen MR) is 120 cm³/mol. The van der Waals surface area contributed by atoms with Crippen LogP contribution in [0.2, 0.25) is 0 Å². The van der Waals surface area contributed by atoms with Gasteiger partial charge in [0.2, 0.25) is 5.91 Å². The number of amides is 2. The molecule has 0 spiro atoms. The van der Waals surface area contributed by atoms with E-state index in [-0.39, 0.29) is 18.4 Å². The van der Waals surface area contributed by atoms with Gasteiger partial charge in [-0.05, 0) is 24.1 Å². The molecule has 6 heteroatoms.